The third-order valence-electron chi connectivity index (χ3n) is 2.01. The Morgan fingerprint density at radius 1 is 1.59 bits per heavy atom. The van der Waals surface area contributed by atoms with Crippen LogP contribution in [0.15, 0.2) is 5.11 Å². The fraction of sp³-hybridized carbons (Fsp3) is 0.800. The van der Waals surface area contributed by atoms with Gasteiger partial charge >= 0.3 is 0 Å². The molecule has 0 saturated heterocycles. The predicted molar refractivity (Wildman–Crippen MR) is 64.0 cm³/mol. The van der Waals surface area contributed by atoms with Gasteiger partial charge in [-0.05, 0) is 24.9 Å². The van der Waals surface area contributed by atoms with Gasteiger partial charge in [-0.15, -0.1) is 0 Å². The zero-order chi connectivity index (χ0) is 12.9. The van der Waals surface area contributed by atoms with E-state index in [2.05, 4.69) is 20.7 Å². The number of carbonyl (C=O) groups excluding carboxylic acids is 1. The Labute approximate surface area is 101 Å². The minimum Gasteiger partial charge on any atom is -0.356 e. The third-order valence-corrected chi connectivity index (χ3v) is 2.01. The van der Waals surface area contributed by atoms with Crippen molar-refractivity contribution in [3.63, 3.8) is 0 Å². The van der Waals surface area contributed by atoms with E-state index in [1.54, 1.807) is 0 Å². The molecule has 0 heterocycles. The normalized spacial score (nSPS) is 11.1. The number of nitriles is 1. The molecular weight excluding hydrogens is 220 g/mol. The zero-order valence-corrected chi connectivity index (χ0v) is 10.0. The summed E-state index contributed by atoms with van der Waals surface area (Å²) in [5.74, 6) is -0.124. The molecule has 0 spiro atoms. The van der Waals surface area contributed by atoms with Gasteiger partial charge in [0.2, 0.25) is 5.91 Å². The number of nitrogens with zero attached hydrogens (tertiary/aromatic N) is 4. The molecule has 0 aliphatic rings. The molecule has 7 heteroatoms. The van der Waals surface area contributed by atoms with Gasteiger partial charge in [-0.3, -0.25) is 4.79 Å². The number of amides is 1. The van der Waals surface area contributed by atoms with Crippen LogP contribution in [0.3, 0.4) is 0 Å². The lowest BCUT2D eigenvalue weighted by molar-refractivity contribution is -0.121. The van der Waals surface area contributed by atoms with Gasteiger partial charge in [0, 0.05) is 18.0 Å². The first-order valence-corrected chi connectivity index (χ1v) is 5.65. The number of hydrogen-bond donors (Lipinski definition) is 2. The monoisotopic (exact) mass is 238 g/mol. The summed E-state index contributed by atoms with van der Waals surface area (Å²) >= 11 is 0. The van der Waals surface area contributed by atoms with Gasteiger partial charge in [-0.1, -0.05) is 12.0 Å². The van der Waals surface area contributed by atoms with Crippen LogP contribution >= 0.6 is 0 Å². The summed E-state index contributed by atoms with van der Waals surface area (Å²) in [4.78, 5) is 14.0. The molecule has 0 aromatic carbocycles. The maximum Gasteiger partial charge on any atom is 0.222 e. The summed E-state index contributed by atoms with van der Waals surface area (Å²) in [6.45, 7) is 3.55. The van der Waals surface area contributed by atoms with Crippen LogP contribution in [-0.2, 0) is 4.79 Å². The van der Waals surface area contributed by atoms with E-state index in [1.165, 1.54) is 0 Å². The first-order valence-electron chi connectivity index (χ1n) is 5.65. The molecule has 94 valence electrons. The van der Waals surface area contributed by atoms with Gasteiger partial charge in [-0.2, -0.15) is 5.26 Å². The SMILES string of the molecule is CCCNC(=O)CC(C#N)NCCCN=[N+]=[N-]. The summed E-state index contributed by atoms with van der Waals surface area (Å²) < 4.78 is 0. The second-order valence-electron chi connectivity index (χ2n) is 3.50. The van der Waals surface area contributed by atoms with E-state index in [9.17, 15) is 4.79 Å². The van der Waals surface area contributed by atoms with E-state index in [-0.39, 0.29) is 12.3 Å². The van der Waals surface area contributed by atoms with Crippen LogP contribution in [0.2, 0.25) is 0 Å². The lowest BCUT2D eigenvalue weighted by atomic mass is 10.2. The van der Waals surface area contributed by atoms with E-state index in [1.807, 2.05) is 13.0 Å². The van der Waals surface area contributed by atoms with Crippen LogP contribution in [0.5, 0.6) is 0 Å². The van der Waals surface area contributed by atoms with Gasteiger partial charge in [0.25, 0.3) is 0 Å². The highest BCUT2D eigenvalue weighted by Gasteiger charge is 2.11. The fourth-order valence-corrected chi connectivity index (χ4v) is 1.16. The Hall–Kier alpha value is -1.77. The van der Waals surface area contributed by atoms with Crippen molar-refractivity contribution in [3.05, 3.63) is 10.4 Å². The average Bonchev–Trinajstić information content (AvgIpc) is 2.34. The molecule has 0 aliphatic heterocycles. The zero-order valence-electron chi connectivity index (χ0n) is 10.0. The van der Waals surface area contributed by atoms with Gasteiger partial charge < -0.3 is 10.6 Å². The van der Waals surface area contributed by atoms with Crippen molar-refractivity contribution in [2.75, 3.05) is 19.6 Å². The summed E-state index contributed by atoms with van der Waals surface area (Å²) in [7, 11) is 0. The molecule has 0 fully saturated rings. The Morgan fingerprint density at radius 3 is 2.94 bits per heavy atom. The molecule has 7 nitrogen and oxygen atoms in total. The molecule has 0 saturated carbocycles. The average molecular weight is 238 g/mol. The number of carbonyl (C=O) groups is 1. The van der Waals surface area contributed by atoms with Crippen LogP contribution in [0.1, 0.15) is 26.2 Å². The molecule has 0 rings (SSSR count). The van der Waals surface area contributed by atoms with Crippen LogP contribution in [0.4, 0.5) is 0 Å². The largest absolute Gasteiger partial charge is 0.356 e. The highest BCUT2D eigenvalue weighted by atomic mass is 16.1. The molecule has 17 heavy (non-hydrogen) atoms. The third kappa shape index (κ3) is 9.18. The maximum atomic E-state index is 11.3. The van der Waals surface area contributed by atoms with Crippen molar-refractivity contribution >= 4 is 5.91 Å². The topological polar surface area (TPSA) is 114 Å². The van der Waals surface area contributed by atoms with Crippen molar-refractivity contribution in [2.45, 2.75) is 32.2 Å². The summed E-state index contributed by atoms with van der Waals surface area (Å²) in [5.41, 5.74) is 8.05. The highest BCUT2D eigenvalue weighted by Crippen LogP contribution is 1.92. The van der Waals surface area contributed by atoms with E-state index >= 15 is 0 Å². The van der Waals surface area contributed by atoms with E-state index in [0.717, 1.165) is 6.42 Å². The molecule has 2 N–H and O–H groups in total. The van der Waals surface area contributed by atoms with E-state index in [0.29, 0.717) is 26.1 Å². The molecule has 1 amide bonds. The molecular formula is C10H18N6O. The Kier molecular flexibility index (Phi) is 9.62. The second-order valence-corrected chi connectivity index (χ2v) is 3.50. The van der Waals surface area contributed by atoms with Crippen molar-refractivity contribution in [1.82, 2.24) is 10.6 Å². The molecule has 0 bridgehead atoms. The Morgan fingerprint density at radius 2 is 2.35 bits per heavy atom. The molecule has 0 aliphatic carbocycles. The highest BCUT2D eigenvalue weighted by molar-refractivity contribution is 5.76. The predicted octanol–water partition coefficient (Wildman–Crippen LogP) is 1.08. The maximum absolute atomic E-state index is 11.3. The standard InChI is InChI=1S/C10H18N6O/c1-2-4-14-10(17)7-9(8-11)13-5-3-6-15-16-12/h9,13H,2-7H2,1H3,(H,14,17). The molecule has 1 atom stereocenters. The van der Waals surface area contributed by atoms with Gasteiger partial charge in [0.05, 0.1) is 12.5 Å². The molecule has 0 radical (unpaired) electrons. The van der Waals surface area contributed by atoms with Gasteiger partial charge in [-0.25, -0.2) is 0 Å². The summed E-state index contributed by atoms with van der Waals surface area (Å²) in [5, 5.41) is 17.8. The van der Waals surface area contributed by atoms with Crippen LogP contribution < -0.4 is 10.6 Å². The second kappa shape index (κ2) is 10.7. The lowest BCUT2D eigenvalue weighted by Crippen LogP contribution is -2.35. The Balaban J connectivity index is 3.72. The number of azide groups is 1. The van der Waals surface area contributed by atoms with E-state index in [4.69, 9.17) is 10.8 Å². The fourth-order valence-electron chi connectivity index (χ4n) is 1.16. The van der Waals surface area contributed by atoms with Crippen LogP contribution in [0.25, 0.3) is 10.4 Å². The van der Waals surface area contributed by atoms with Crippen LogP contribution in [-0.4, -0.2) is 31.6 Å². The molecule has 1 unspecified atom stereocenters. The first-order chi connectivity index (χ1) is 8.24. The summed E-state index contributed by atoms with van der Waals surface area (Å²) in [6.07, 6.45) is 1.68. The lowest BCUT2D eigenvalue weighted by Gasteiger charge is -2.10. The molecule has 0 aromatic heterocycles. The number of nitrogens with one attached hydrogen (secondary N) is 2. The smallest absolute Gasteiger partial charge is 0.222 e. The van der Waals surface area contributed by atoms with Crippen molar-refractivity contribution in [1.29, 1.82) is 5.26 Å². The quantitative estimate of drug-likeness (QED) is 0.271. The van der Waals surface area contributed by atoms with Crippen molar-refractivity contribution < 1.29 is 4.79 Å². The molecule has 0 aromatic rings. The van der Waals surface area contributed by atoms with Crippen molar-refractivity contribution in [2.24, 2.45) is 5.11 Å². The van der Waals surface area contributed by atoms with Crippen molar-refractivity contribution in [3.8, 4) is 6.07 Å². The number of rotatable bonds is 9. The van der Waals surface area contributed by atoms with E-state index < -0.39 is 6.04 Å². The Bertz CT molecular complexity index is 304. The van der Waals surface area contributed by atoms with Gasteiger partial charge in [0.1, 0.15) is 6.04 Å². The minimum atomic E-state index is -0.488. The van der Waals surface area contributed by atoms with Gasteiger partial charge in [0.15, 0.2) is 0 Å². The van der Waals surface area contributed by atoms with Crippen LogP contribution in [0, 0.1) is 11.3 Å². The first kappa shape index (κ1) is 15.2. The number of hydrogen-bond acceptors (Lipinski definition) is 4. The summed E-state index contributed by atoms with van der Waals surface area (Å²) in [6, 6.07) is 1.54. The minimum absolute atomic E-state index is 0.124.